The largest absolute Gasteiger partial charge is 0.388 e. The van der Waals surface area contributed by atoms with Gasteiger partial charge in [0.25, 0.3) is 0 Å². The summed E-state index contributed by atoms with van der Waals surface area (Å²) in [6, 6.07) is 0.291. The lowest BCUT2D eigenvalue weighted by atomic mass is 9.96. The van der Waals surface area contributed by atoms with Gasteiger partial charge in [-0.1, -0.05) is 0 Å². The van der Waals surface area contributed by atoms with Gasteiger partial charge < -0.3 is 40.1 Å². The molecule has 6 rings (SSSR count). The Balaban J connectivity index is 1.27. The Hall–Kier alpha value is -2.62. The van der Waals surface area contributed by atoms with Crippen molar-refractivity contribution in [3.05, 3.63) is 22.4 Å². The van der Waals surface area contributed by atoms with Crippen molar-refractivity contribution in [2.24, 2.45) is 5.92 Å². The molecule has 1 aromatic rings. The molecule has 1 aromatic heterocycles. The number of hydrogen-bond acceptors (Lipinski definition) is 10. The maximum Gasteiger partial charge on any atom is 0.244 e. The Morgan fingerprint density at radius 3 is 2.60 bits per heavy atom. The summed E-state index contributed by atoms with van der Waals surface area (Å²) in [5, 5.41) is 31.0. The fourth-order valence-corrected chi connectivity index (χ4v) is 7.53. The lowest BCUT2D eigenvalue weighted by Gasteiger charge is -2.43. The number of hydrogen-bond donors (Lipinski definition) is 4. The van der Waals surface area contributed by atoms with Crippen LogP contribution in [0.15, 0.2) is 16.8 Å². The molecule has 13 nitrogen and oxygen atoms in total. The summed E-state index contributed by atoms with van der Waals surface area (Å²) < 4.78 is 11.2. The number of likely N-dealkylation sites (tertiary alicyclic amines) is 1. The van der Waals surface area contributed by atoms with Crippen molar-refractivity contribution < 1.29 is 38.9 Å². The molecule has 5 aliphatic heterocycles. The first-order valence-electron chi connectivity index (χ1n) is 14.8. The highest BCUT2D eigenvalue weighted by Crippen LogP contribution is 2.28. The summed E-state index contributed by atoms with van der Waals surface area (Å²) in [7, 11) is 0. The number of piperazine rings is 1. The van der Waals surface area contributed by atoms with E-state index in [1.54, 1.807) is 21.1 Å². The highest BCUT2D eigenvalue weighted by molar-refractivity contribution is 7.07. The van der Waals surface area contributed by atoms with E-state index in [0.29, 0.717) is 52.1 Å². The zero-order valence-electron chi connectivity index (χ0n) is 23.4. The van der Waals surface area contributed by atoms with Gasteiger partial charge in [0.2, 0.25) is 23.6 Å². The molecule has 0 aliphatic carbocycles. The van der Waals surface area contributed by atoms with Crippen molar-refractivity contribution >= 4 is 35.0 Å². The molecule has 0 unspecified atom stereocenters. The van der Waals surface area contributed by atoms with Crippen molar-refractivity contribution in [3.8, 4) is 0 Å². The highest BCUT2D eigenvalue weighted by atomic mass is 32.1. The van der Waals surface area contributed by atoms with Gasteiger partial charge in [-0.15, -0.1) is 0 Å². The Bertz CT molecular complexity index is 1160. The number of aliphatic hydroxyl groups excluding tert-OH is 2. The van der Waals surface area contributed by atoms with Gasteiger partial charge in [-0.2, -0.15) is 11.3 Å². The number of fused-ring (bicyclic) bond motifs is 6. The van der Waals surface area contributed by atoms with E-state index in [0.717, 1.165) is 5.56 Å². The Morgan fingerprint density at radius 1 is 1.05 bits per heavy atom. The second-order valence-corrected chi connectivity index (χ2v) is 12.7. The quantitative estimate of drug-likeness (QED) is 0.314. The number of amides is 4. The van der Waals surface area contributed by atoms with Crippen molar-refractivity contribution in [1.82, 2.24) is 25.3 Å². The third kappa shape index (κ3) is 6.06. The van der Waals surface area contributed by atoms with Gasteiger partial charge in [0, 0.05) is 57.9 Å². The molecule has 5 fully saturated rings. The first kappa shape index (κ1) is 29.5. The van der Waals surface area contributed by atoms with Crippen LogP contribution in [0.2, 0.25) is 0 Å². The average molecular weight is 606 g/mol. The fourth-order valence-electron chi connectivity index (χ4n) is 6.87. The number of ether oxygens (including phenoxy) is 2. The van der Waals surface area contributed by atoms with E-state index in [1.807, 2.05) is 16.8 Å². The van der Waals surface area contributed by atoms with Gasteiger partial charge in [0.05, 0.1) is 25.1 Å². The molecule has 5 aliphatic rings. The molecule has 14 heteroatoms. The maximum atomic E-state index is 14.0. The second-order valence-electron chi connectivity index (χ2n) is 11.9. The summed E-state index contributed by atoms with van der Waals surface area (Å²) in [4.78, 5) is 59.5. The molecule has 230 valence electrons. The van der Waals surface area contributed by atoms with Crippen molar-refractivity contribution in [2.45, 2.75) is 74.8 Å². The van der Waals surface area contributed by atoms with E-state index in [4.69, 9.17) is 9.47 Å². The monoisotopic (exact) mass is 605 g/mol. The third-order valence-corrected chi connectivity index (χ3v) is 9.93. The molecular formula is C28H39N5O8S. The van der Waals surface area contributed by atoms with E-state index in [1.165, 1.54) is 0 Å². The van der Waals surface area contributed by atoms with Gasteiger partial charge in [-0.25, -0.2) is 0 Å². The van der Waals surface area contributed by atoms with E-state index >= 15 is 0 Å². The second kappa shape index (κ2) is 12.5. The van der Waals surface area contributed by atoms with Crippen molar-refractivity contribution in [1.29, 1.82) is 0 Å². The average Bonchev–Trinajstić information content (AvgIpc) is 3.72. The zero-order valence-corrected chi connectivity index (χ0v) is 24.2. The fraction of sp³-hybridized carbons (Fsp3) is 0.714. The molecular weight excluding hydrogens is 566 g/mol. The van der Waals surface area contributed by atoms with Crippen LogP contribution in [0.5, 0.6) is 0 Å². The van der Waals surface area contributed by atoms with E-state index in [-0.39, 0.29) is 55.7 Å². The molecule has 6 bridgehead atoms. The summed E-state index contributed by atoms with van der Waals surface area (Å²) in [6.45, 7) is 2.44. The third-order valence-electron chi connectivity index (χ3n) is 9.19. The van der Waals surface area contributed by atoms with E-state index < -0.39 is 42.4 Å². The molecule has 0 spiro atoms. The molecule has 5 saturated heterocycles. The smallest absolute Gasteiger partial charge is 0.244 e. The van der Waals surface area contributed by atoms with Crippen molar-refractivity contribution in [2.75, 3.05) is 45.9 Å². The Kier molecular flexibility index (Phi) is 8.80. The standard InChI is InChI=1S/C28H39N5O8S/c34-23-10-21-24(35)25(36)22(41-21)11-29-26(37)20-14-31(4-5-33(20)27(38)17-1-6-40-7-2-17)28(39)19-9-18(30-23)13-32(19)12-16-3-8-42-15-16/h3,8,15,17-22,24-25,35-36H,1-2,4-7,9-14H2,(H,29,37)(H,30,34)/t18-,19-,20-,21-,22+,24-,25+/m0/s1. The first-order valence-corrected chi connectivity index (χ1v) is 15.7. The topological polar surface area (TPSA) is 161 Å². The molecule has 6 heterocycles. The first-order chi connectivity index (χ1) is 20.3. The minimum absolute atomic E-state index is 0.0404. The Morgan fingerprint density at radius 2 is 1.83 bits per heavy atom. The number of nitrogens with one attached hydrogen (secondary N) is 2. The van der Waals surface area contributed by atoms with Crippen LogP contribution in [0.3, 0.4) is 0 Å². The van der Waals surface area contributed by atoms with E-state index in [2.05, 4.69) is 15.5 Å². The maximum absolute atomic E-state index is 14.0. The molecule has 4 amide bonds. The summed E-state index contributed by atoms with van der Waals surface area (Å²) >= 11 is 1.58. The number of nitrogens with zero attached hydrogens (tertiary/aromatic N) is 3. The summed E-state index contributed by atoms with van der Waals surface area (Å²) in [5.41, 5.74) is 1.07. The molecule has 42 heavy (non-hydrogen) atoms. The van der Waals surface area contributed by atoms with Crippen LogP contribution in [-0.4, -0.2) is 137 Å². The van der Waals surface area contributed by atoms with Crippen LogP contribution < -0.4 is 10.6 Å². The predicted molar refractivity (Wildman–Crippen MR) is 149 cm³/mol. The normalized spacial score (nSPS) is 35.3. The van der Waals surface area contributed by atoms with Crippen LogP contribution >= 0.6 is 11.3 Å². The van der Waals surface area contributed by atoms with Gasteiger partial charge in [0.15, 0.2) is 0 Å². The minimum Gasteiger partial charge on any atom is -0.388 e. The number of rotatable bonds is 3. The van der Waals surface area contributed by atoms with Crippen LogP contribution in [0.25, 0.3) is 0 Å². The van der Waals surface area contributed by atoms with Gasteiger partial charge >= 0.3 is 0 Å². The predicted octanol–water partition coefficient (Wildman–Crippen LogP) is -1.72. The SMILES string of the molecule is O=C1C[C@@H]2O[C@H](CNC(=O)[C@@H]3CN(CCN3C(=O)C3CCOCC3)C(=O)[C@@H]3C[C@@H](CN3Cc3ccsc3)N1)[C@@H](O)[C@H]2O. The highest BCUT2D eigenvalue weighted by Gasteiger charge is 2.47. The number of thiophene rings is 1. The molecule has 0 radical (unpaired) electrons. The van der Waals surface area contributed by atoms with Crippen LogP contribution in [0, 0.1) is 5.92 Å². The van der Waals surface area contributed by atoms with Crippen LogP contribution in [0.1, 0.15) is 31.2 Å². The lowest BCUT2D eigenvalue weighted by molar-refractivity contribution is -0.154. The Labute approximate surface area is 248 Å². The molecule has 4 N–H and O–H groups in total. The summed E-state index contributed by atoms with van der Waals surface area (Å²) in [6.07, 6.45) is -3.05. The van der Waals surface area contributed by atoms with Crippen LogP contribution in [0.4, 0.5) is 0 Å². The summed E-state index contributed by atoms with van der Waals surface area (Å²) in [5.74, 6) is -1.28. The minimum atomic E-state index is -1.29. The molecule has 7 atom stereocenters. The van der Waals surface area contributed by atoms with Gasteiger partial charge in [-0.3, -0.25) is 24.1 Å². The molecule has 0 aromatic carbocycles. The van der Waals surface area contributed by atoms with Gasteiger partial charge in [-0.05, 0) is 41.7 Å². The number of carbonyl (C=O) groups is 4. The van der Waals surface area contributed by atoms with Gasteiger partial charge in [0.1, 0.15) is 24.4 Å². The zero-order chi connectivity index (χ0) is 29.4. The van der Waals surface area contributed by atoms with E-state index in [9.17, 15) is 29.4 Å². The van der Waals surface area contributed by atoms with Crippen LogP contribution in [-0.2, 0) is 35.2 Å². The molecule has 0 saturated carbocycles. The lowest BCUT2D eigenvalue weighted by Crippen LogP contribution is -2.64. The van der Waals surface area contributed by atoms with Crippen molar-refractivity contribution in [3.63, 3.8) is 0 Å². The number of aliphatic hydroxyl groups is 2. The number of carbonyl (C=O) groups excluding carboxylic acids is 4.